The van der Waals surface area contributed by atoms with Crippen molar-refractivity contribution in [3.63, 3.8) is 0 Å². The van der Waals surface area contributed by atoms with Gasteiger partial charge in [0.1, 0.15) is 23.1 Å². The second kappa shape index (κ2) is 5.26. The predicted molar refractivity (Wildman–Crippen MR) is 82.4 cm³/mol. The standard InChI is InChI=1S/C18H14N2O/c1-12-10-18(16(11-19)13(2)20-12)21-17-9-5-7-14-6-3-4-8-15(14)17/h3-10H,1-2H3. The first-order valence-corrected chi connectivity index (χ1v) is 6.73. The van der Waals surface area contributed by atoms with Crippen LogP contribution in [0, 0.1) is 25.2 Å². The number of benzene rings is 2. The van der Waals surface area contributed by atoms with E-state index in [2.05, 4.69) is 11.1 Å². The molecule has 0 aliphatic heterocycles. The molecule has 0 atom stereocenters. The van der Waals surface area contributed by atoms with Gasteiger partial charge in [0.05, 0.1) is 5.69 Å². The number of hydrogen-bond acceptors (Lipinski definition) is 3. The maximum Gasteiger partial charge on any atom is 0.148 e. The first-order valence-electron chi connectivity index (χ1n) is 6.73. The van der Waals surface area contributed by atoms with Crippen LogP contribution in [0.25, 0.3) is 10.8 Å². The number of pyridine rings is 1. The van der Waals surface area contributed by atoms with Gasteiger partial charge in [0, 0.05) is 17.1 Å². The van der Waals surface area contributed by atoms with Gasteiger partial charge in [0.25, 0.3) is 0 Å². The van der Waals surface area contributed by atoms with E-state index in [9.17, 15) is 5.26 Å². The number of fused-ring (bicyclic) bond motifs is 1. The van der Waals surface area contributed by atoms with Crippen molar-refractivity contribution in [3.05, 3.63) is 65.5 Å². The fourth-order valence-corrected chi connectivity index (χ4v) is 2.41. The molecule has 3 heteroatoms. The minimum atomic E-state index is 0.480. The maximum absolute atomic E-state index is 9.31. The molecular formula is C18H14N2O. The van der Waals surface area contributed by atoms with Crippen LogP contribution in [-0.4, -0.2) is 4.98 Å². The lowest BCUT2D eigenvalue weighted by molar-refractivity contribution is 0.484. The Labute approximate surface area is 123 Å². The Balaban J connectivity index is 2.14. The average molecular weight is 274 g/mol. The van der Waals surface area contributed by atoms with Crippen molar-refractivity contribution < 1.29 is 4.74 Å². The molecule has 3 nitrogen and oxygen atoms in total. The van der Waals surface area contributed by atoms with Crippen LogP contribution >= 0.6 is 0 Å². The van der Waals surface area contributed by atoms with E-state index < -0.39 is 0 Å². The zero-order chi connectivity index (χ0) is 14.8. The van der Waals surface area contributed by atoms with E-state index in [1.807, 2.05) is 56.3 Å². The fraction of sp³-hybridized carbons (Fsp3) is 0.111. The Kier molecular flexibility index (Phi) is 3.29. The predicted octanol–water partition coefficient (Wildman–Crippen LogP) is 4.52. The molecule has 0 radical (unpaired) electrons. The second-order valence-electron chi connectivity index (χ2n) is 4.91. The normalized spacial score (nSPS) is 10.3. The minimum Gasteiger partial charge on any atom is -0.455 e. The average Bonchev–Trinajstić information content (AvgIpc) is 2.47. The number of nitriles is 1. The number of aryl methyl sites for hydroxylation is 2. The third kappa shape index (κ3) is 2.44. The second-order valence-corrected chi connectivity index (χ2v) is 4.91. The molecule has 0 unspecified atom stereocenters. The molecule has 0 amide bonds. The lowest BCUT2D eigenvalue weighted by Crippen LogP contribution is -1.96. The lowest BCUT2D eigenvalue weighted by atomic mass is 10.1. The minimum absolute atomic E-state index is 0.480. The van der Waals surface area contributed by atoms with Gasteiger partial charge in [-0.05, 0) is 25.3 Å². The van der Waals surface area contributed by atoms with Gasteiger partial charge in [0.15, 0.2) is 0 Å². The molecule has 0 fully saturated rings. The van der Waals surface area contributed by atoms with Crippen molar-refractivity contribution in [3.8, 4) is 17.6 Å². The zero-order valence-corrected chi connectivity index (χ0v) is 11.9. The zero-order valence-electron chi connectivity index (χ0n) is 11.9. The molecule has 3 rings (SSSR count). The molecule has 1 aromatic heterocycles. The Morgan fingerprint density at radius 1 is 1.00 bits per heavy atom. The molecule has 3 aromatic rings. The van der Waals surface area contributed by atoms with Crippen LogP contribution in [0.5, 0.6) is 11.5 Å². The van der Waals surface area contributed by atoms with Crippen LogP contribution in [0.3, 0.4) is 0 Å². The van der Waals surface area contributed by atoms with Crippen molar-refractivity contribution in [2.24, 2.45) is 0 Å². The van der Waals surface area contributed by atoms with Crippen molar-refractivity contribution in [1.82, 2.24) is 4.98 Å². The van der Waals surface area contributed by atoms with Gasteiger partial charge >= 0.3 is 0 Å². The molecule has 2 aromatic carbocycles. The monoisotopic (exact) mass is 274 g/mol. The van der Waals surface area contributed by atoms with Crippen LogP contribution < -0.4 is 4.74 Å². The van der Waals surface area contributed by atoms with E-state index in [-0.39, 0.29) is 0 Å². The summed E-state index contributed by atoms with van der Waals surface area (Å²) < 4.78 is 6.01. The van der Waals surface area contributed by atoms with E-state index in [4.69, 9.17) is 4.74 Å². The number of rotatable bonds is 2. The van der Waals surface area contributed by atoms with Gasteiger partial charge < -0.3 is 4.74 Å². The fourth-order valence-electron chi connectivity index (χ4n) is 2.41. The molecule has 1 heterocycles. The smallest absolute Gasteiger partial charge is 0.148 e. The van der Waals surface area contributed by atoms with Crippen LogP contribution in [0.1, 0.15) is 17.0 Å². The summed E-state index contributed by atoms with van der Waals surface area (Å²) in [5.41, 5.74) is 2.00. The van der Waals surface area contributed by atoms with Crippen LogP contribution in [0.2, 0.25) is 0 Å². The molecule has 0 aliphatic rings. The van der Waals surface area contributed by atoms with E-state index in [0.717, 1.165) is 22.2 Å². The maximum atomic E-state index is 9.31. The number of ether oxygens (including phenoxy) is 1. The SMILES string of the molecule is Cc1cc(Oc2cccc3ccccc23)c(C#N)c(C)n1. The van der Waals surface area contributed by atoms with E-state index >= 15 is 0 Å². The van der Waals surface area contributed by atoms with Crippen LogP contribution in [0.15, 0.2) is 48.5 Å². The summed E-state index contributed by atoms with van der Waals surface area (Å²) in [6, 6.07) is 17.9. The van der Waals surface area contributed by atoms with Gasteiger partial charge in [-0.3, -0.25) is 4.98 Å². The Morgan fingerprint density at radius 2 is 1.76 bits per heavy atom. The Hall–Kier alpha value is -2.86. The summed E-state index contributed by atoms with van der Waals surface area (Å²) in [7, 11) is 0. The third-order valence-corrected chi connectivity index (χ3v) is 3.37. The molecule has 0 saturated heterocycles. The molecule has 102 valence electrons. The summed E-state index contributed by atoms with van der Waals surface area (Å²) >= 11 is 0. The van der Waals surface area contributed by atoms with Gasteiger partial charge in [-0.15, -0.1) is 0 Å². The van der Waals surface area contributed by atoms with Gasteiger partial charge in [0.2, 0.25) is 0 Å². The highest BCUT2D eigenvalue weighted by atomic mass is 16.5. The highest BCUT2D eigenvalue weighted by Gasteiger charge is 2.11. The molecule has 0 saturated carbocycles. The highest BCUT2D eigenvalue weighted by Crippen LogP contribution is 2.32. The van der Waals surface area contributed by atoms with Crippen LogP contribution in [-0.2, 0) is 0 Å². The van der Waals surface area contributed by atoms with Gasteiger partial charge in [-0.2, -0.15) is 5.26 Å². The molecule has 0 bridgehead atoms. The van der Waals surface area contributed by atoms with Gasteiger partial charge in [-0.1, -0.05) is 36.4 Å². The van der Waals surface area contributed by atoms with Crippen molar-refractivity contribution in [1.29, 1.82) is 5.26 Å². The third-order valence-electron chi connectivity index (χ3n) is 3.37. The number of nitrogens with zero attached hydrogens (tertiary/aromatic N) is 2. The highest BCUT2D eigenvalue weighted by molar-refractivity contribution is 5.88. The Bertz CT molecular complexity index is 857. The van der Waals surface area contributed by atoms with Crippen LogP contribution in [0.4, 0.5) is 0 Å². The first kappa shape index (κ1) is 13.1. The van der Waals surface area contributed by atoms with Gasteiger partial charge in [-0.25, -0.2) is 0 Å². The molecule has 0 spiro atoms. The van der Waals surface area contributed by atoms with E-state index in [0.29, 0.717) is 17.0 Å². The lowest BCUT2D eigenvalue weighted by Gasteiger charge is -2.12. The number of hydrogen-bond donors (Lipinski definition) is 0. The summed E-state index contributed by atoms with van der Waals surface area (Å²) in [6.45, 7) is 3.71. The first-order chi connectivity index (χ1) is 10.2. The Morgan fingerprint density at radius 3 is 2.57 bits per heavy atom. The summed E-state index contributed by atoms with van der Waals surface area (Å²) in [5, 5.41) is 11.4. The molecule has 0 N–H and O–H groups in total. The quantitative estimate of drug-likeness (QED) is 0.690. The molecule has 0 aliphatic carbocycles. The van der Waals surface area contributed by atoms with E-state index in [1.165, 1.54) is 0 Å². The number of aromatic nitrogens is 1. The molecule has 21 heavy (non-hydrogen) atoms. The summed E-state index contributed by atoms with van der Waals surface area (Å²) in [5.74, 6) is 1.30. The van der Waals surface area contributed by atoms with Crippen molar-refractivity contribution >= 4 is 10.8 Å². The van der Waals surface area contributed by atoms with Crippen molar-refractivity contribution in [2.45, 2.75) is 13.8 Å². The summed E-state index contributed by atoms with van der Waals surface area (Å²) in [6.07, 6.45) is 0. The van der Waals surface area contributed by atoms with Crippen molar-refractivity contribution in [2.75, 3.05) is 0 Å². The summed E-state index contributed by atoms with van der Waals surface area (Å²) in [4.78, 5) is 4.31. The molecular weight excluding hydrogens is 260 g/mol. The topological polar surface area (TPSA) is 45.9 Å². The largest absolute Gasteiger partial charge is 0.455 e. The van der Waals surface area contributed by atoms with E-state index in [1.54, 1.807) is 6.07 Å².